The summed E-state index contributed by atoms with van der Waals surface area (Å²) in [5, 5.41) is 24.8. The van der Waals surface area contributed by atoms with Crippen LogP contribution in [0.3, 0.4) is 0 Å². The molecular formula is C30H24N2O8. The second kappa shape index (κ2) is 11.8. The fraction of sp³-hybridized carbons (Fsp3) is 0.0667. The fourth-order valence-electron chi connectivity index (χ4n) is 3.82. The van der Waals surface area contributed by atoms with Gasteiger partial charge < -0.3 is 30.3 Å². The molecule has 0 fully saturated rings. The van der Waals surface area contributed by atoms with Crippen molar-refractivity contribution >= 4 is 35.0 Å². The Labute approximate surface area is 228 Å². The highest BCUT2D eigenvalue weighted by Gasteiger charge is 2.19. The van der Waals surface area contributed by atoms with Gasteiger partial charge in [0.25, 0.3) is 5.91 Å². The number of carboxylic acid groups (broad SMARTS) is 2. The van der Waals surface area contributed by atoms with Crippen molar-refractivity contribution in [3.63, 3.8) is 0 Å². The van der Waals surface area contributed by atoms with E-state index in [0.717, 1.165) is 11.8 Å². The molecule has 4 aromatic rings. The van der Waals surface area contributed by atoms with Crippen molar-refractivity contribution in [3.8, 4) is 23.0 Å². The standard InChI is InChI=1S/C30H24N2O8/c1-17(33)24-12-10-22(15-26(24)29(35)36)40-23-11-13-25(27(16-23)30(37)38)28(34)32-18-6-8-20(9-7-18)39-21-5-3-4-19(14-21)31-2/h3-16,31H,1-2H3,(H,32,34)(H,35,36)(H,37,38). The maximum absolute atomic E-state index is 12.9. The first kappa shape index (κ1) is 27.4. The lowest BCUT2D eigenvalue weighted by Crippen LogP contribution is -2.16. The second-order valence-electron chi connectivity index (χ2n) is 8.54. The van der Waals surface area contributed by atoms with Crippen molar-refractivity contribution in [1.82, 2.24) is 0 Å². The summed E-state index contributed by atoms with van der Waals surface area (Å²) in [6, 6.07) is 21.7. The zero-order chi connectivity index (χ0) is 28.8. The summed E-state index contributed by atoms with van der Waals surface area (Å²) in [4.78, 5) is 48.1. The number of ketones is 1. The average Bonchev–Trinajstić information content (AvgIpc) is 2.94. The highest BCUT2D eigenvalue weighted by Crippen LogP contribution is 2.28. The van der Waals surface area contributed by atoms with Crippen LogP contribution in [0.2, 0.25) is 0 Å². The SMILES string of the molecule is CNc1cccc(Oc2ccc(NC(=O)c3ccc(Oc4ccc(C(C)=O)c(C(=O)O)c4)cc3C(=O)O)cc2)c1. The van der Waals surface area contributed by atoms with Gasteiger partial charge in [-0.2, -0.15) is 0 Å². The first-order chi connectivity index (χ1) is 19.1. The minimum Gasteiger partial charge on any atom is -0.478 e. The number of rotatable bonds is 10. The van der Waals surface area contributed by atoms with Crippen LogP contribution in [0.5, 0.6) is 23.0 Å². The molecule has 0 aromatic heterocycles. The predicted molar refractivity (Wildman–Crippen MR) is 147 cm³/mol. The molecule has 4 N–H and O–H groups in total. The van der Waals surface area contributed by atoms with E-state index in [9.17, 15) is 29.4 Å². The van der Waals surface area contributed by atoms with Crippen LogP contribution in [-0.2, 0) is 0 Å². The molecule has 40 heavy (non-hydrogen) atoms. The van der Waals surface area contributed by atoms with E-state index < -0.39 is 23.6 Å². The Balaban J connectivity index is 1.49. The summed E-state index contributed by atoms with van der Waals surface area (Å²) < 4.78 is 11.5. The lowest BCUT2D eigenvalue weighted by atomic mass is 10.0. The third-order valence-electron chi connectivity index (χ3n) is 5.77. The van der Waals surface area contributed by atoms with Crippen LogP contribution in [0.25, 0.3) is 0 Å². The van der Waals surface area contributed by atoms with Gasteiger partial charge in [-0.1, -0.05) is 6.07 Å². The normalized spacial score (nSPS) is 10.3. The summed E-state index contributed by atoms with van der Waals surface area (Å²) in [5.74, 6) is -2.43. The number of Topliss-reactive ketones (excluding diaryl/α,β-unsaturated/α-hetero) is 1. The number of carbonyl (C=O) groups excluding carboxylic acids is 2. The summed E-state index contributed by atoms with van der Waals surface area (Å²) in [6.07, 6.45) is 0. The summed E-state index contributed by atoms with van der Waals surface area (Å²) in [6.45, 7) is 1.25. The van der Waals surface area contributed by atoms with Gasteiger partial charge in [0, 0.05) is 30.1 Å². The van der Waals surface area contributed by atoms with Crippen LogP contribution in [-0.4, -0.2) is 40.9 Å². The fourth-order valence-corrected chi connectivity index (χ4v) is 3.82. The molecule has 0 aliphatic carbocycles. The predicted octanol–water partition coefficient (Wildman–Crippen LogP) is 6.16. The van der Waals surface area contributed by atoms with E-state index in [1.807, 2.05) is 24.3 Å². The Kier molecular flexibility index (Phi) is 8.10. The number of carboxylic acids is 2. The maximum Gasteiger partial charge on any atom is 0.336 e. The van der Waals surface area contributed by atoms with Crippen molar-refractivity contribution in [2.24, 2.45) is 0 Å². The Morgan fingerprint density at radius 1 is 0.600 bits per heavy atom. The first-order valence-corrected chi connectivity index (χ1v) is 11.9. The number of benzene rings is 4. The van der Waals surface area contributed by atoms with Gasteiger partial charge in [-0.05, 0) is 79.7 Å². The summed E-state index contributed by atoms with van der Waals surface area (Å²) in [5.41, 5.74) is 0.649. The Bertz CT molecular complexity index is 1610. The Morgan fingerprint density at radius 3 is 1.70 bits per heavy atom. The van der Waals surface area contributed by atoms with Crippen LogP contribution >= 0.6 is 0 Å². The molecule has 4 rings (SSSR count). The van der Waals surface area contributed by atoms with Gasteiger partial charge >= 0.3 is 11.9 Å². The molecule has 0 spiro atoms. The minimum atomic E-state index is -1.36. The highest BCUT2D eigenvalue weighted by molar-refractivity contribution is 6.11. The Morgan fingerprint density at radius 2 is 1.12 bits per heavy atom. The lowest BCUT2D eigenvalue weighted by molar-refractivity contribution is 0.0683. The number of nitrogens with one attached hydrogen (secondary N) is 2. The van der Waals surface area contributed by atoms with E-state index in [2.05, 4.69) is 10.6 Å². The van der Waals surface area contributed by atoms with Gasteiger partial charge in [0.2, 0.25) is 0 Å². The van der Waals surface area contributed by atoms with Crippen molar-refractivity contribution < 1.29 is 38.9 Å². The van der Waals surface area contributed by atoms with E-state index in [1.54, 1.807) is 31.3 Å². The second-order valence-corrected chi connectivity index (χ2v) is 8.54. The minimum absolute atomic E-state index is 0.0145. The van der Waals surface area contributed by atoms with E-state index in [4.69, 9.17) is 9.47 Å². The molecule has 0 heterocycles. The third-order valence-corrected chi connectivity index (χ3v) is 5.77. The summed E-state index contributed by atoms with van der Waals surface area (Å²) in [7, 11) is 1.80. The van der Waals surface area contributed by atoms with Crippen LogP contribution in [0.1, 0.15) is 48.4 Å². The van der Waals surface area contributed by atoms with E-state index in [1.165, 1.54) is 37.3 Å². The number of anilines is 2. The van der Waals surface area contributed by atoms with E-state index in [-0.39, 0.29) is 33.8 Å². The topological polar surface area (TPSA) is 151 Å². The number of hydrogen-bond acceptors (Lipinski definition) is 7. The van der Waals surface area contributed by atoms with Crippen molar-refractivity contribution in [1.29, 1.82) is 0 Å². The largest absolute Gasteiger partial charge is 0.478 e. The van der Waals surface area contributed by atoms with Gasteiger partial charge in [0.05, 0.1) is 16.7 Å². The zero-order valence-electron chi connectivity index (χ0n) is 21.4. The van der Waals surface area contributed by atoms with E-state index in [0.29, 0.717) is 17.2 Å². The maximum atomic E-state index is 12.9. The highest BCUT2D eigenvalue weighted by atomic mass is 16.5. The molecule has 202 valence electrons. The molecule has 0 saturated heterocycles. The molecule has 10 nitrogen and oxygen atoms in total. The van der Waals surface area contributed by atoms with Gasteiger partial charge in [-0.15, -0.1) is 0 Å². The molecule has 0 unspecified atom stereocenters. The van der Waals surface area contributed by atoms with Gasteiger partial charge in [-0.3, -0.25) is 9.59 Å². The molecule has 0 bridgehead atoms. The van der Waals surface area contributed by atoms with Crippen molar-refractivity contribution in [3.05, 3.63) is 107 Å². The molecule has 0 aliphatic heterocycles. The summed E-state index contributed by atoms with van der Waals surface area (Å²) >= 11 is 0. The zero-order valence-corrected chi connectivity index (χ0v) is 21.4. The van der Waals surface area contributed by atoms with Gasteiger partial charge in [0.1, 0.15) is 23.0 Å². The quantitative estimate of drug-likeness (QED) is 0.173. The molecule has 10 heteroatoms. The monoisotopic (exact) mass is 540 g/mol. The van der Waals surface area contributed by atoms with Crippen LogP contribution in [0, 0.1) is 0 Å². The van der Waals surface area contributed by atoms with Gasteiger partial charge in [0.15, 0.2) is 5.78 Å². The average molecular weight is 541 g/mol. The molecule has 4 aromatic carbocycles. The lowest BCUT2D eigenvalue weighted by Gasteiger charge is -2.12. The number of carbonyl (C=O) groups is 4. The number of aromatic carboxylic acids is 2. The molecule has 0 saturated carbocycles. The third kappa shape index (κ3) is 6.43. The van der Waals surface area contributed by atoms with Crippen molar-refractivity contribution in [2.75, 3.05) is 17.7 Å². The van der Waals surface area contributed by atoms with E-state index >= 15 is 0 Å². The molecule has 0 aliphatic rings. The number of amides is 1. The van der Waals surface area contributed by atoms with Crippen LogP contribution in [0.15, 0.2) is 84.9 Å². The molecule has 0 atom stereocenters. The number of ether oxygens (including phenoxy) is 2. The molecule has 1 amide bonds. The Hall–Kier alpha value is -5.64. The van der Waals surface area contributed by atoms with Gasteiger partial charge in [-0.25, -0.2) is 9.59 Å². The van der Waals surface area contributed by atoms with Crippen molar-refractivity contribution in [2.45, 2.75) is 6.92 Å². The molecular weight excluding hydrogens is 516 g/mol. The number of hydrogen-bond donors (Lipinski definition) is 4. The van der Waals surface area contributed by atoms with Crippen LogP contribution in [0.4, 0.5) is 11.4 Å². The molecule has 0 radical (unpaired) electrons. The first-order valence-electron chi connectivity index (χ1n) is 11.9. The van der Waals surface area contributed by atoms with Crippen LogP contribution < -0.4 is 20.1 Å². The smallest absolute Gasteiger partial charge is 0.336 e.